The van der Waals surface area contributed by atoms with Crippen molar-refractivity contribution in [1.82, 2.24) is 20.9 Å². The van der Waals surface area contributed by atoms with Gasteiger partial charge in [-0.1, -0.05) is 67.2 Å². The fraction of sp³-hybridized carbons (Fsp3) is 0.714. The molecule has 0 bridgehead atoms. The third-order valence-electron chi connectivity index (χ3n) is 6.32. The molecular formula is C28H48N4O5. The molecule has 5 atom stereocenters. The number of rotatable bonds is 17. The summed E-state index contributed by atoms with van der Waals surface area (Å²) in [7, 11) is 0. The van der Waals surface area contributed by atoms with Gasteiger partial charge in [-0.05, 0) is 36.8 Å². The molecule has 1 aromatic rings. The summed E-state index contributed by atoms with van der Waals surface area (Å²) in [6.07, 6.45) is 4.88. The molecule has 1 unspecified atom stereocenters. The van der Waals surface area contributed by atoms with Crippen LogP contribution in [0.1, 0.15) is 90.4 Å². The van der Waals surface area contributed by atoms with Gasteiger partial charge in [0.15, 0.2) is 0 Å². The number of carbonyl (C=O) groups excluding carboxylic acids is 3. The van der Waals surface area contributed by atoms with Crippen LogP contribution in [0.25, 0.3) is 0 Å². The van der Waals surface area contributed by atoms with Crippen LogP contribution in [0.2, 0.25) is 0 Å². The highest BCUT2D eigenvalue weighted by Gasteiger charge is 2.35. The lowest BCUT2D eigenvalue weighted by molar-refractivity contribution is -0.133. The molecule has 3 amide bonds. The van der Waals surface area contributed by atoms with Crippen molar-refractivity contribution in [3.05, 3.63) is 30.1 Å². The number of carbonyl (C=O) groups is 3. The first-order chi connectivity index (χ1) is 17.5. The summed E-state index contributed by atoms with van der Waals surface area (Å²) in [4.78, 5) is 42.6. The monoisotopic (exact) mass is 520 g/mol. The summed E-state index contributed by atoms with van der Waals surface area (Å²) in [6, 6.07) is 1.67. The summed E-state index contributed by atoms with van der Waals surface area (Å²) >= 11 is 0. The van der Waals surface area contributed by atoms with Crippen LogP contribution < -0.4 is 16.0 Å². The first kappa shape index (κ1) is 32.5. The Morgan fingerprint density at radius 2 is 1.62 bits per heavy atom. The van der Waals surface area contributed by atoms with Crippen molar-refractivity contribution < 1.29 is 24.6 Å². The molecule has 9 nitrogen and oxygen atoms in total. The summed E-state index contributed by atoms with van der Waals surface area (Å²) in [6.45, 7) is 12.0. The van der Waals surface area contributed by atoms with Crippen molar-refractivity contribution in [3.8, 4) is 0 Å². The van der Waals surface area contributed by atoms with E-state index in [4.69, 9.17) is 0 Å². The van der Waals surface area contributed by atoms with Crippen molar-refractivity contribution in [2.24, 2.45) is 17.8 Å². The van der Waals surface area contributed by atoms with Crippen LogP contribution in [0.3, 0.4) is 0 Å². The number of nitrogens with zero attached hydrogens (tertiary/aromatic N) is 1. The summed E-state index contributed by atoms with van der Waals surface area (Å²) in [5, 5.41) is 30.3. The molecule has 0 fully saturated rings. The maximum atomic E-state index is 13.4. The molecule has 0 saturated heterocycles. The van der Waals surface area contributed by atoms with Gasteiger partial charge in [-0.25, -0.2) is 0 Å². The van der Waals surface area contributed by atoms with E-state index >= 15 is 0 Å². The van der Waals surface area contributed by atoms with Gasteiger partial charge in [-0.3, -0.25) is 19.4 Å². The Morgan fingerprint density at radius 1 is 0.919 bits per heavy atom. The Hall–Kier alpha value is -2.52. The van der Waals surface area contributed by atoms with Gasteiger partial charge < -0.3 is 26.2 Å². The average molecular weight is 521 g/mol. The van der Waals surface area contributed by atoms with Gasteiger partial charge in [0.25, 0.3) is 5.91 Å². The molecule has 0 aliphatic carbocycles. The van der Waals surface area contributed by atoms with Crippen LogP contribution >= 0.6 is 0 Å². The second kappa shape index (κ2) is 17.1. The topological polar surface area (TPSA) is 141 Å². The highest BCUT2D eigenvalue weighted by Crippen LogP contribution is 2.17. The second-order valence-electron chi connectivity index (χ2n) is 10.8. The zero-order valence-corrected chi connectivity index (χ0v) is 23.4. The van der Waals surface area contributed by atoms with E-state index < -0.39 is 42.0 Å². The minimum Gasteiger partial charge on any atom is -0.390 e. The van der Waals surface area contributed by atoms with Crippen LogP contribution in [0.4, 0.5) is 0 Å². The smallest absolute Gasteiger partial charge is 0.253 e. The van der Waals surface area contributed by atoms with Gasteiger partial charge in [0.2, 0.25) is 11.8 Å². The molecule has 0 aliphatic heterocycles. The highest BCUT2D eigenvalue weighted by molar-refractivity contribution is 5.97. The first-order valence-electron chi connectivity index (χ1n) is 13.6. The van der Waals surface area contributed by atoms with E-state index in [0.717, 1.165) is 25.7 Å². The average Bonchev–Trinajstić information content (AvgIpc) is 2.87. The number of hydrogen-bond acceptors (Lipinski definition) is 6. The van der Waals surface area contributed by atoms with Gasteiger partial charge in [0, 0.05) is 18.9 Å². The zero-order chi connectivity index (χ0) is 28.0. The van der Waals surface area contributed by atoms with Crippen LogP contribution in [-0.2, 0) is 9.59 Å². The lowest BCUT2D eigenvalue weighted by Gasteiger charge is -2.32. The Kier molecular flexibility index (Phi) is 15.0. The van der Waals surface area contributed by atoms with Gasteiger partial charge in [-0.2, -0.15) is 0 Å². The van der Waals surface area contributed by atoms with E-state index in [0.29, 0.717) is 24.9 Å². The quantitative estimate of drug-likeness (QED) is 0.200. The van der Waals surface area contributed by atoms with Gasteiger partial charge in [-0.15, -0.1) is 0 Å². The third-order valence-corrected chi connectivity index (χ3v) is 6.32. The minimum absolute atomic E-state index is 0.102. The highest BCUT2D eigenvalue weighted by atomic mass is 16.3. The molecule has 0 aromatic carbocycles. The van der Waals surface area contributed by atoms with Crippen molar-refractivity contribution in [2.45, 2.75) is 104 Å². The fourth-order valence-corrected chi connectivity index (χ4v) is 4.01. The predicted octanol–water partition coefficient (Wildman–Crippen LogP) is 2.81. The van der Waals surface area contributed by atoms with Gasteiger partial charge in [0.1, 0.15) is 12.1 Å². The van der Waals surface area contributed by atoms with E-state index in [-0.39, 0.29) is 17.7 Å². The van der Waals surface area contributed by atoms with Crippen LogP contribution in [0, 0.1) is 17.8 Å². The minimum atomic E-state index is -1.37. The molecule has 37 heavy (non-hydrogen) atoms. The molecule has 1 heterocycles. The number of aromatic nitrogens is 1. The van der Waals surface area contributed by atoms with Crippen LogP contribution in [0.15, 0.2) is 24.5 Å². The molecule has 0 saturated carbocycles. The number of amides is 3. The molecule has 1 aromatic heterocycles. The lowest BCUT2D eigenvalue weighted by Crippen LogP contribution is -2.56. The number of pyridine rings is 1. The Bertz CT molecular complexity index is 818. The number of unbranched alkanes of at least 4 members (excludes halogenated alkanes) is 3. The normalized spacial score (nSPS) is 15.5. The number of hydrogen-bond donors (Lipinski definition) is 5. The second-order valence-corrected chi connectivity index (χ2v) is 10.8. The lowest BCUT2D eigenvalue weighted by atomic mass is 9.89. The maximum absolute atomic E-state index is 13.4. The summed E-state index contributed by atoms with van der Waals surface area (Å²) in [5.41, 5.74) is 0.351. The summed E-state index contributed by atoms with van der Waals surface area (Å²) < 4.78 is 0. The fourth-order valence-electron chi connectivity index (χ4n) is 4.01. The van der Waals surface area contributed by atoms with E-state index in [2.05, 4.69) is 27.9 Å². The standard InChI is InChI=1S/C28H48N4O5/c1-7-8-9-10-13-22(31-27(36)21-12-11-14-29-17-21)28(37)32-23(15-18(2)3)25(34)24(33)20(6)26(35)30-16-19(4)5/h11-12,14,17-20,22-25,33-34H,7-10,13,15-16H2,1-6H3,(H,30,35)(H,31,36)(H,32,37)/t20-,22?,23+,24-,25-/m1/s1. The van der Waals surface area contributed by atoms with Gasteiger partial charge in [0.05, 0.1) is 23.6 Å². The third kappa shape index (κ3) is 12.0. The van der Waals surface area contributed by atoms with E-state index in [1.165, 1.54) is 6.20 Å². The number of aliphatic hydroxyl groups excluding tert-OH is 2. The first-order valence-corrected chi connectivity index (χ1v) is 13.6. The maximum Gasteiger partial charge on any atom is 0.253 e. The van der Waals surface area contributed by atoms with E-state index in [1.807, 2.05) is 27.7 Å². The van der Waals surface area contributed by atoms with Gasteiger partial charge >= 0.3 is 0 Å². The molecule has 0 aliphatic rings. The van der Waals surface area contributed by atoms with Crippen LogP contribution in [0.5, 0.6) is 0 Å². The Labute approximate surface area is 222 Å². The SMILES string of the molecule is CCCCCCC(NC(=O)c1cccnc1)C(=O)N[C@@H](CC(C)C)[C@@H](O)[C@H](O)[C@@H](C)C(=O)NCC(C)C. The summed E-state index contributed by atoms with van der Waals surface area (Å²) in [5.74, 6) is -1.70. The molecule has 5 N–H and O–H groups in total. The van der Waals surface area contributed by atoms with E-state index in [9.17, 15) is 24.6 Å². The van der Waals surface area contributed by atoms with Crippen LogP contribution in [-0.4, -0.2) is 63.8 Å². The van der Waals surface area contributed by atoms with Crippen molar-refractivity contribution >= 4 is 17.7 Å². The molecule has 0 radical (unpaired) electrons. The van der Waals surface area contributed by atoms with Crippen molar-refractivity contribution in [3.63, 3.8) is 0 Å². The van der Waals surface area contributed by atoms with Crippen molar-refractivity contribution in [2.75, 3.05) is 6.54 Å². The molecule has 0 spiro atoms. The molecular weight excluding hydrogens is 472 g/mol. The van der Waals surface area contributed by atoms with Crippen molar-refractivity contribution in [1.29, 1.82) is 0 Å². The number of nitrogens with one attached hydrogen (secondary N) is 3. The number of aliphatic hydroxyl groups is 2. The molecule has 1 rings (SSSR count). The molecule has 9 heteroatoms. The Balaban J connectivity index is 2.99. The predicted molar refractivity (Wildman–Crippen MR) is 145 cm³/mol. The Morgan fingerprint density at radius 3 is 2.19 bits per heavy atom. The largest absolute Gasteiger partial charge is 0.390 e. The van der Waals surface area contributed by atoms with E-state index in [1.54, 1.807) is 25.3 Å². The zero-order valence-electron chi connectivity index (χ0n) is 23.4. The molecule has 210 valence electrons.